The van der Waals surface area contributed by atoms with Crippen LogP contribution in [0.25, 0.3) is 28.2 Å². The molecule has 0 bridgehead atoms. The SMILES string of the molecule is Clc1ccc(-c2nc3ccc(Cl)cn3c2-c2ccccc2)cc1. The van der Waals surface area contributed by atoms with Crippen molar-refractivity contribution >= 4 is 28.8 Å². The fourth-order valence-electron chi connectivity index (χ4n) is 2.70. The van der Waals surface area contributed by atoms with Crippen molar-refractivity contribution in [2.24, 2.45) is 0 Å². The summed E-state index contributed by atoms with van der Waals surface area (Å²) >= 11 is 12.2. The largest absolute Gasteiger partial charge is 0.298 e. The maximum atomic E-state index is 6.19. The number of nitrogens with zero attached hydrogens (tertiary/aromatic N) is 2. The fraction of sp³-hybridized carbons (Fsp3) is 0. The molecule has 0 amide bonds. The number of rotatable bonds is 2. The molecule has 0 spiro atoms. The van der Waals surface area contributed by atoms with Crippen LogP contribution in [0.5, 0.6) is 0 Å². The molecule has 4 heteroatoms. The summed E-state index contributed by atoms with van der Waals surface area (Å²) in [6.07, 6.45) is 1.89. The zero-order valence-electron chi connectivity index (χ0n) is 12.1. The first-order chi connectivity index (χ1) is 11.2. The number of imidazole rings is 1. The summed E-state index contributed by atoms with van der Waals surface area (Å²) in [6.45, 7) is 0. The van der Waals surface area contributed by atoms with Crippen LogP contribution in [0.2, 0.25) is 10.0 Å². The van der Waals surface area contributed by atoms with Gasteiger partial charge >= 0.3 is 0 Å². The van der Waals surface area contributed by atoms with Crippen LogP contribution in [0.15, 0.2) is 72.9 Å². The second-order valence-electron chi connectivity index (χ2n) is 5.26. The second-order valence-corrected chi connectivity index (χ2v) is 6.13. The fourth-order valence-corrected chi connectivity index (χ4v) is 2.99. The van der Waals surface area contributed by atoms with Crippen LogP contribution in [-0.4, -0.2) is 9.38 Å². The molecule has 0 saturated carbocycles. The quantitative estimate of drug-likeness (QED) is 0.439. The minimum absolute atomic E-state index is 0.676. The lowest BCUT2D eigenvalue weighted by molar-refractivity contribution is 1.19. The van der Waals surface area contributed by atoms with E-state index in [0.29, 0.717) is 10.0 Å². The molecule has 2 aromatic carbocycles. The van der Waals surface area contributed by atoms with Gasteiger partial charge in [0, 0.05) is 22.3 Å². The minimum atomic E-state index is 0.676. The summed E-state index contributed by atoms with van der Waals surface area (Å²) in [4.78, 5) is 4.79. The second kappa shape index (κ2) is 5.73. The van der Waals surface area contributed by atoms with Gasteiger partial charge in [0.2, 0.25) is 0 Å². The van der Waals surface area contributed by atoms with Gasteiger partial charge in [-0.15, -0.1) is 0 Å². The Morgan fingerprint density at radius 3 is 2.13 bits per heavy atom. The smallest absolute Gasteiger partial charge is 0.138 e. The van der Waals surface area contributed by atoms with Gasteiger partial charge in [-0.3, -0.25) is 4.40 Å². The Morgan fingerprint density at radius 1 is 0.696 bits per heavy atom. The van der Waals surface area contributed by atoms with Gasteiger partial charge < -0.3 is 0 Å². The van der Waals surface area contributed by atoms with Crippen LogP contribution < -0.4 is 0 Å². The average Bonchev–Trinajstić information content (AvgIpc) is 2.95. The first-order valence-electron chi connectivity index (χ1n) is 7.21. The van der Waals surface area contributed by atoms with E-state index in [9.17, 15) is 0 Å². The molecule has 0 aliphatic carbocycles. The molecule has 0 fully saturated rings. The average molecular weight is 339 g/mol. The summed E-state index contributed by atoms with van der Waals surface area (Å²) in [6, 6.07) is 21.7. The van der Waals surface area contributed by atoms with E-state index in [2.05, 4.69) is 12.1 Å². The minimum Gasteiger partial charge on any atom is -0.298 e. The monoisotopic (exact) mass is 338 g/mol. The van der Waals surface area contributed by atoms with E-state index in [4.69, 9.17) is 28.2 Å². The highest BCUT2D eigenvalue weighted by Gasteiger charge is 2.15. The van der Waals surface area contributed by atoms with Crippen molar-refractivity contribution in [2.75, 3.05) is 0 Å². The molecule has 4 aromatic rings. The van der Waals surface area contributed by atoms with E-state index in [1.54, 1.807) is 0 Å². The van der Waals surface area contributed by atoms with Gasteiger partial charge in [-0.05, 0) is 24.3 Å². The zero-order valence-corrected chi connectivity index (χ0v) is 13.6. The van der Waals surface area contributed by atoms with Crippen LogP contribution in [0.1, 0.15) is 0 Å². The Balaban J connectivity index is 2.05. The Kier molecular flexibility index (Phi) is 3.56. The summed E-state index contributed by atoms with van der Waals surface area (Å²) < 4.78 is 2.03. The Bertz CT molecular complexity index is 974. The topological polar surface area (TPSA) is 17.3 Å². The van der Waals surface area contributed by atoms with Gasteiger partial charge in [0.25, 0.3) is 0 Å². The van der Waals surface area contributed by atoms with Gasteiger partial charge in [0.1, 0.15) is 5.65 Å². The van der Waals surface area contributed by atoms with Crippen LogP contribution in [0.4, 0.5) is 0 Å². The van der Waals surface area contributed by atoms with E-state index >= 15 is 0 Å². The van der Waals surface area contributed by atoms with E-state index in [-0.39, 0.29) is 0 Å². The van der Waals surface area contributed by atoms with Crippen molar-refractivity contribution in [2.45, 2.75) is 0 Å². The Labute approximate surface area is 143 Å². The van der Waals surface area contributed by atoms with E-state index in [1.165, 1.54) is 0 Å². The first kappa shape index (κ1) is 14.3. The van der Waals surface area contributed by atoms with Crippen molar-refractivity contribution < 1.29 is 0 Å². The van der Waals surface area contributed by atoms with Crippen LogP contribution in [0.3, 0.4) is 0 Å². The van der Waals surface area contributed by atoms with Gasteiger partial charge in [-0.1, -0.05) is 65.7 Å². The molecule has 2 aromatic heterocycles. The van der Waals surface area contributed by atoms with Crippen LogP contribution >= 0.6 is 23.2 Å². The highest BCUT2D eigenvalue weighted by Crippen LogP contribution is 2.33. The lowest BCUT2D eigenvalue weighted by Crippen LogP contribution is -1.89. The predicted molar refractivity (Wildman–Crippen MR) is 96.1 cm³/mol. The molecule has 4 rings (SSSR count). The molecule has 0 aliphatic heterocycles. The number of hydrogen-bond acceptors (Lipinski definition) is 1. The molecule has 2 nitrogen and oxygen atoms in total. The molecule has 0 radical (unpaired) electrons. The third kappa shape index (κ3) is 2.61. The molecule has 0 atom stereocenters. The van der Waals surface area contributed by atoms with Gasteiger partial charge in [0.15, 0.2) is 0 Å². The summed E-state index contributed by atoms with van der Waals surface area (Å²) in [7, 11) is 0. The number of hydrogen-bond donors (Lipinski definition) is 0. The van der Waals surface area contributed by atoms with E-state index in [1.807, 2.05) is 65.2 Å². The lowest BCUT2D eigenvalue weighted by atomic mass is 10.1. The Morgan fingerprint density at radius 2 is 1.39 bits per heavy atom. The van der Waals surface area contributed by atoms with Crippen molar-refractivity contribution in [1.29, 1.82) is 0 Å². The molecule has 0 N–H and O–H groups in total. The predicted octanol–water partition coefficient (Wildman–Crippen LogP) is 5.98. The number of pyridine rings is 1. The van der Waals surface area contributed by atoms with E-state index < -0.39 is 0 Å². The molecule has 112 valence electrons. The van der Waals surface area contributed by atoms with Crippen molar-refractivity contribution in [1.82, 2.24) is 9.38 Å². The van der Waals surface area contributed by atoms with Crippen molar-refractivity contribution in [3.05, 3.63) is 83.0 Å². The summed E-state index contributed by atoms with van der Waals surface area (Å²) in [5.41, 5.74) is 4.90. The highest BCUT2D eigenvalue weighted by atomic mass is 35.5. The van der Waals surface area contributed by atoms with Crippen LogP contribution in [-0.2, 0) is 0 Å². The maximum Gasteiger partial charge on any atom is 0.138 e. The molecule has 0 unspecified atom stereocenters. The maximum absolute atomic E-state index is 6.19. The normalized spacial score (nSPS) is 11.0. The lowest BCUT2D eigenvalue weighted by Gasteiger charge is -2.06. The van der Waals surface area contributed by atoms with Crippen molar-refractivity contribution in [3.63, 3.8) is 0 Å². The summed E-state index contributed by atoms with van der Waals surface area (Å²) in [5.74, 6) is 0. The standard InChI is InChI=1S/C19H12Cl2N2/c20-15-8-6-13(7-9-15)18-19(14-4-2-1-3-5-14)23-12-16(21)10-11-17(23)22-18/h1-12H. The third-order valence-electron chi connectivity index (χ3n) is 3.75. The molecule has 0 saturated heterocycles. The highest BCUT2D eigenvalue weighted by molar-refractivity contribution is 6.30. The molecule has 2 heterocycles. The summed E-state index contributed by atoms with van der Waals surface area (Å²) in [5, 5.41) is 1.39. The number of aromatic nitrogens is 2. The molecule has 0 aliphatic rings. The van der Waals surface area contributed by atoms with Crippen LogP contribution in [0, 0.1) is 0 Å². The van der Waals surface area contributed by atoms with Gasteiger partial charge in [-0.25, -0.2) is 4.98 Å². The first-order valence-corrected chi connectivity index (χ1v) is 7.97. The van der Waals surface area contributed by atoms with Gasteiger partial charge in [-0.2, -0.15) is 0 Å². The van der Waals surface area contributed by atoms with E-state index in [0.717, 1.165) is 28.2 Å². The zero-order chi connectivity index (χ0) is 15.8. The number of halogens is 2. The molecular formula is C19H12Cl2N2. The molecule has 23 heavy (non-hydrogen) atoms. The third-order valence-corrected chi connectivity index (χ3v) is 4.22. The number of benzene rings is 2. The van der Waals surface area contributed by atoms with Crippen molar-refractivity contribution in [3.8, 4) is 22.5 Å². The van der Waals surface area contributed by atoms with Gasteiger partial charge in [0.05, 0.1) is 16.4 Å². The molecular weight excluding hydrogens is 327 g/mol. The number of fused-ring (bicyclic) bond motifs is 1. The Hall–Kier alpha value is -2.29.